The number of benzene rings is 2. The van der Waals surface area contributed by atoms with Gasteiger partial charge in [-0.2, -0.15) is 0 Å². The summed E-state index contributed by atoms with van der Waals surface area (Å²) in [6.07, 6.45) is 1.05. The summed E-state index contributed by atoms with van der Waals surface area (Å²) in [7, 11) is 1.62. The molecule has 7 nitrogen and oxygen atoms in total. The van der Waals surface area contributed by atoms with Crippen LogP contribution in [0.5, 0.6) is 5.75 Å². The van der Waals surface area contributed by atoms with Gasteiger partial charge in [0.2, 0.25) is 16.9 Å². The molecule has 0 aliphatic heterocycles. The van der Waals surface area contributed by atoms with Crippen LogP contribution in [0.15, 0.2) is 59.5 Å². The Balaban J connectivity index is 1.49. The summed E-state index contributed by atoms with van der Waals surface area (Å²) < 4.78 is 5.16. The van der Waals surface area contributed by atoms with E-state index in [0.717, 1.165) is 22.6 Å². The monoisotopic (exact) mass is 470 g/mol. The molecule has 0 saturated carbocycles. The summed E-state index contributed by atoms with van der Waals surface area (Å²) in [6, 6.07) is 17.3. The van der Waals surface area contributed by atoms with Crippen LogP contribution in [0.25, 0.3) is 10.6 Å². The third-order valence-electron chi connectivity index (χ3n) is 4.57. The number of aromatic nitrogens is 2. The first-order valence-electron chi connectivity index (χ1n) is 10.3. The Labute approximate surface area is 196 Å². The lowest BCUT2D eigenvalue weighted by molar-refractivity contribution is -0.128. The second kappa shape index (κ2) is 12.2. The van der Waals surface area contributed by atoms with Crippen molar-refractivity contribution < 1.29 is 14.3 Å². The number of anilines is 1. The van der Waals surface area contributed by atoms with Crippen LogP contribution in [0.4, 0.5) is 5.13 Å². The second-order valence-electron chi connectivity index (χ2n) is 6.92. The Morgan fingerprint density at radius 3 is 2.50 bits per heavy atom. The van der Waals surface area contributed by atoms with Crippen LogP contribution in [-0.2, 0) is 9.59 Å². The Morgan fingerprint density at radius 1 is 1.06 bits per heavy atom. The molecule has 168 valence electrons. The highest BCUT2D eigenvalue weighted by Gasteiger charge is 2.16. The van der Waals surface area contributed by atoms with Crippen LogP contribution in [0.2, 0.25) is 0 Å². The van der Waals surface area contributed by atoms with Gasteiger partial charge in [0, 0.05) is 30.0 Å². The minimum Gasteiger partial charge on any atom is -0.497 e. The van der Waals surface area contributed by atoms with E-state index in [2.05, 4.69) is 15.5 Å². The molecule has 2 aromatic carbocycles. The van der Waals surface area contributed by atoms with Crippen molar-refractivity contribution in [3.05, 3.63) is 54.6 Å². The molecule has 1 aromatic heterocycles. The molecule has 9 heteroatoms. The molecule has 0 spiro atoms. The zero-order chi connectivity index (χ0) is 22.8. The number of nitrogens with zero attached hydrogens (tertiary/aromatic N) is 3. The molecular formula is C23H26N4O3S2. The summed E-state index contributed by atoms with van der Waals surface area (Å²) in [5, 5.41) is 12.1. The number of carbonyl (C=O) groups is 2. The number of amides is 2. The first-order valence-corrected chi connectivity index (χ1v) is 12.1. The summed E-state index contributed by atoms with van der Waals surface area (Å²) in [5.41, 5.74) is 0.902. The van der Waals surface area contributed by atoms with E-state index in [0.29, 0.717) is 29.0 Å². The van der Waals surface area contributed by atoms with Gasteiger partial charge in [-0.15, -0.1) is 22.0 Å². The highest BCUT2D eigenvalue weighted by atomic mass is 32.2. The standard InChI is InChI=1S/C23H26N4O3S2/c1-3-14-27(21(29)16-31-19-7-5-4-6-8-19)15-13-20(28)24-23-26-25-22(32-23)17-9-11-18(30-2)12-10-17/h4-12H,3,13-16H2,1-2H3,(H,24,26,28). The van der Waals surface area contributed by atoms with E-state index in [1.807, 2.05) is 61.5 Å². The molecule has 1 N–H and O–H groups in total. The van der Waals surface area contributed by atoms with Crippen molar-refractivity contribution in [2.24, 2.45) is 0 Å². The van der Waals surface area contributed by atoms with Crippen molar-refractivity contribution in [2.75, 3.05) is 31.3 Å². The average Bonchev–Trinajstić information content (AvgIpc) is 3.29. The largest absolute Gasteiger partial charge is 0.497 e. The molecule has 3 aromatic rings. The number of methoxy groups -OCH3 is 1. The number of thioether (sulfide) groups is 1. The molecule has 0 unspecified atom stereocenters. The van der Waals surface area contributed by atoms with E-state index in [9.17, 15) is 9.59 Å². The van der Waals surface area contributed by atoms with Gasteiger partial charge in [-0.3, -0.25) is 9.59 Å². The van der Waals surface area contributed by atoms with Gasteiger partial charge in [-0.25, -0.2) is 0 Å². The van der Waals surface area contributed by atoms with Crippen molar-refractivity contribution in [1.29, 1.82) is 0 Å². The third-order valence-corrected chi connectivity index (χ3v) is 6.45. The van der Waals surface area contributed by atoms with E-state index in [4.69, 9.17) is 4.74 Å². The fourth-order valence-corrected chi connectivity index (χ4v) is 4.51. The summed E-state index contributed by atoms with van der Waals surface area (Å²) in [6.45, 7) is 3.02. The van der Waals surface area contributed by atoms with Crippen LogP contribution in [-0.4, -0.2) is 52.9 Å². The summed E-state index contributed by atoms with van der Waals surface area (Å²) in [4.78, 5) is 27.9. The Hall–Kier alpha value is -2.91. The lowest BCUT2D eigenvalue weighted by Crippen LogP contribution is -2.35. The molecule has 32 heavy (non-hydrogen) atoms. The van der Waals surface area contributed by atoms with Gasteiger partial charge in [-0.05, 0) is 42.8 Å². The quantitative estimate of drug-likeness (QED) is 0.413. The Bertz CT molecular complexity index is 1010. The zero-order valence-corrected chi connectivity index (χ0v) is 19.7. The fourth-order valence-electron chi connectivity index (χ4n) is 2.93. The third kappa shape index (κ3) is 7.06. The first-order chi connectivity index (χ1) is 15.6. The highest BCUT2D eigenvalue weighted by Crippen LogP contribution is 2.27. The lowest BCUT2D eigenvalue weighted by Gasteiger charge is -2.21. The number of rotatable bonds is 11. The Kier molecular flexibility index (Phi) is 9.06. The number of hydrogen-bond acceptors (Lipinski definition) is 7. The van der Waals surface area contributed by atoms with Gasteiger partial charge in [0.1, 0.15) is 10.8 Å². The number of hydrogen-bond donors (Lipinski definition) is 1. The van der Waals surface area contributed by atoms with E-state index in [-0.39, 0.29) is 18.2 Å². The van der Waals surface area contributed by atoms with Crippen LogP contribution in [0, 0.1) is 0 Å². The molecule has 2 amide bonds. The van der Waals surface area contributed by atoms with Gasteiger partial charge in [0.15, 0.2) is 0 Å². The minimum atomic E-state index is -0.188. The topological polar surface area (TPSA) is 84.4 Å². The molecule has 0 bridgehead atoms. The van der Waals surface area contributed by atoms with E-state index in [1.165, 1.54) is 23.1 Å². The van der Waals surface area contributed by atoms with E-state index in [1.54, 1.807) is 12.0 Å². The zero-order valence-electron chi connectivity index (χ0n) is 18.1. The molecule has 0 atom stereocenters. The summed E-state index contributed by atoms with van der Waals surface area (Å²) in [5.74, 6) is 0.964. The van der Waals surface area contributed by atoms with Crippen LogP contribution in [0.3, 0.4) is 0 Å². The molecule has 3 rings (SSSR count). The van der Waals surface area contributed by atoms with Crippen molar-refractivity contribution in [2.45, 2.75) is 24.7 Å². The van der Waals surface area contributed by atoms with Crippen LogP contribution >= 0.6 is 23.1 Å². The molecule has 0 saturated heterocycles. The SMILES string of the molecule is CCCN(CCC(=O)Nc1nnc(-c2ccc(OC)cc2)s1)C(=O)CSc1ccccc1. The lowest BCUT2D eigenvalue weighted by atomic mass is 10.2. The van der Waals surface area contributed by atoms with Gasteiger partial charge >= 0.3 is 0 Å². The van der Waals surface area contributed by atoms with Crippen LogP contribution < -0.4 is 10.1 Å². The van der Waals surface area contributed by atoms with Gasteiger partial charge in [-0.1, -0.05) is 36.5 Å². The van der Waals surface area contributed by atoms with Crippen molar-refractivity contribution >= 4 is 40.0 Å². The maximum atomic E-state index is 12.6. The highest BCUT2D eigenvalue weighted by molar-refractivity contribution is 8.00. The van der Waals surface area contributed by atoms with Gasteiger partial charge in [0.05, 0.1) is 12.9 Å². The molecule has 0 aliphatic rings. The maximum Gasteiger partial charge on any atom is 0.232 e. The van der Waals surface area contributed by atoms with Crippen molar-refractivity contribution in [3.8, 4) is 16.3 Å². The second-order valence-corrected chi connectivity index (χ2v) is 8.95. The van der Waals surface area contributed by atoms with Crippen LogP contribution in [0.1, 0.15) is 19.8 Å². The molecular weight excluding hydrogens is 444 g/mol. The summed E-state index contributed by atoms with van der Waals surface area (Å²) >= 11 is 2.81. The minimum absolute atomic E-state index is 0.0335. The van der Waals surface area contributed by atoms with Gasteiger partial charge < -0.3 is 15.0 Å². The van der Waals surface area contributed by atoms with E-state index < -0.39 is 0 Å². The van der Waals surface area contributed by atoms with Crippen molar-refractivity contribution in [3.63, 3.8) is 0 Å². The fraction of sp³-hybridized carbons (Fsp3) is 0.304. The molecule has 0 fully saturated rings. The molecule has 0 aliphatic carbocycles. The number of ether oxygens (including phenoxy) is 1. The number of carbonyl (C=O) groups excluding carboxylic acids is 2. The average molecular weight is 471 g/mol. The molecule has 1 heterocycles. The smallest absolute Gasteiger partial charge is 0.232 e. The normalized spacial score (nSPS) is 10.6. The first kappa shape index (κ1) is 23.7. The van der Waals surface area contributed by atoms with E-state index >= 15 is 0 Å². The maximum absolute atomic E-state index is 12.6. The predicted molar refractivity (Wildman–Crippen MR) is 129 cm³/mol. The number of nitrogens with one attached hydrogen (secondary N) is 1. The van der Waals surface area contributed by atoms with Gasteiger partial charge in [0.25, 0.3) is 0 Å². The molecule has 0 radical (unpaired) electrons. The predicted octanol–water partition coefficient (Wildman–Crippen LogP) is 4.57. The Morgan fingerprint density at radius 2 is 1.81 bits per heavy atom. The van der Waals surface area contributed by atoms with Crippen molar-refractivity contribution in [1.82, 2.24) is 15.1 Å².